The number of carbonyl (C=O) groups is 2. The molecule has 1 N–H and O–H groups in total. The van der Waals surface area contributed by atoms with Crippen molar-refractivity contribution >= 4 is 11.9 Å². The Balaban J connectivity index is 3.56. The molecule has 5 nitrogen and oxygen atoms in total. The fourth-order valence-corrected chi connectivity index (χ4v) is 6.28. The first-order valence-electron chi connectivity index (χ1n) is 22.3. The van der Waals surface area contributed by atoms with Crippen LogP contribution in [0.15, 0.2) is 60.8 Å². The van der Waals surface area contributed by atoms with Crippen molar-refractivity contribution in [1.29, 1.82) is 0 Å². The molecule has 1 atom stereocenters. The van der Waals surface area contributed by atoms with Crippen molar-refractivity contribution in [3.05, 3.63) is 60.8 Å². The first kappa shape index (κ1) is 50.6. The molecule has 0 bridgehead atoms. The first-order chi connectivity index (χ1) is 26.1. The molecule has 0 aliphatic rings. The highest BCUT2D eigenvalue weighted by Gasteiger charge is 2.15. The van der Waals surface area contributed by atoms with Crippen molar-refractivity contribution in [3.63, 3.8) is 0 Å². The molecule has 53 heavy (non-hydrogen) atoms. The summed E-state index contributed by atoms with van der Waals surface area (Å²) < 4.78 is 10.5. The predicted octanol–water partition coefficient (Wildman–Crippen LogP) is 14.3. The molecular weight excluding hydrogens is 657 g/mol. The highest BCUT2D eigenvalue weighted by Crippen LogP contribution is 2.16. The van der Waals surface area contributed by atoms with Crippen LogP contribution in [0.3, 0.4) is 0 Å². The van der Waals surface area contributed by atoms with Crippen molar-refractivity contribution < 1.29 is 24.2 Å². The molecule has 1 unspecified atom stereocenters. The Bertz CT molecular complexity index is 930. The largest absolute Gasteiger partial charge is 0.462 e. The van der Waals surface area contributed by atoms with Gasteiger partial charge >= 0.3 is 11.9 Å². The Morgan fingerprint density at radius 1 is 0.453 bits per heavy atom. The van der Waals surface area contributed by atoms with Crippen molar-refractivity contribution in [2.45, 2.75) is 219 Å². The summed E-state index contributed by atoms with van der Waals surface area (Å²) in [6, 6.07) is 0. The SMILES string of the molecule is CC/C=C\C/C=C\C/C=C\C/C=C\C/C=C\CC(=O)OC(CO)COC(=O)CCCCCCCCCCCCCCCCCCCCCCCCCC. The van der Waals surface area contributed by atoms with Crippen LogP contribution in [0.5, 0.6) is 0 Å². The highest BCUT2D eigenvalue weighted by molar-refractivity contribution is 5.71. The molecule has 0 aliphatic carbocycles. The molecule has 0 radical (unpaired) electrons. The van der Waals surface area contributed by atoms with Gasteiger partial charge in [0.15, 0.2) is 6.10 Å². The zero-order valence-electron chi connectivity index (χ0n) is 34.8. The molecular formula is C48H84O5. The summed E-state index contributed by atoms with van der Waals surface area (Å²) in [7, 11) is 0. The Kier molecular flexibility index (Phi) is 42.0. The minimum Gasteiger partial charge on any atom is -0.462 e. The number of rotatable bonds is 40. The summed E-state index contributed by atoms with van der Waals surface area (Å²) in [4.78, 5) is 24.2. The first-order valence-corrected chi connectivity index (χ1v) is 22.3. The summed E-state index contributed by atoms with van der Waals surface area (Å²) in [5.41, 5.74) is 0. The number of aliphatic hydroxyl groups is 1. The van der Waals surface area contributed by atoms with Crippen LogP contribution in [0.4, 0.5) is 0 Å². The van der Waals surface area contributed by atoms with E-state index in [1.807, 2.05) is 6.08 Å². The van der Waals surface area contributed by atoms with Gasteiger partial charge in [0.2, 0.25) is 0 Å². The van der Waals surface area contributed by atoms with Crippen LogP contribution in [0.2, 0.25) is 0 Å². The zero-order chi connectivity index (χ0) is 38.6. The summed E-state index contributed by atoms with van der Waals surface area (Å²) in [5, 5.41) is 9.55. The Morgan fingerprint density at radius 3 is 1.15 bits per heavy atom. The van der Waals surface area contributed by atoms with Gasteiger partial charge in [0, 0.05) is 6.42 Å². The van der Waals surface area contributed by atoms with E-state index >= 15 is 0 Å². The van der Waals surface area contributed by atoms with E-state index in [1.165, 1.54) is 135 Å². The quantitative estimate of drug-likeness (QED) is 0.0385. The van der Waals surface area contributed by atoms with Gasteiger partial charge in [0.1, 0.15) is 6.61 Å². The third-order valence-corrected chi connectivity index (χ3v) is 9.61. The second-order valence-corrected chi connectivity index (χ2v) is 14.8. The molecule has 0 fully saturated rings. The van der Waals surface area contributed by atoms with E-state index in [2.05, 4.69) is 62.5 Å². The van der Waals surface area contributed by atoms with Gasteiger partial charge in [-0.3, -0.25) is 9.59 Å². The van der Waals surface area contributed by atoms with Crippen molar-refractivity contribution in [2.24, 2.45) is 0 Å². The van der Waals surface area contributed by atoms with E-state index in [-0.39, 0.29) is 25.6 Å². The molecule has 0 saturated heterocycles. The van der Waals surface area contributed by atoms with Crippen molar-refractivity contribution in [1.82, 2.24) is 0 Å². The molecule has 0 aliphatic heterocycles. The standard InChI is InChI=1S/C48H84O5/c1-3-5-7-9-11-13-15-17-19-20-21-22-23-24-25-26-27-29-30-32-34-36-38-40-42-47(50)52-45-46(44-49)53-48(51)43-41-39-37-35-33-31-28-18-16-14-12-10-8-6-4-2/h6,8,12,14,18,28,33,35,39,41,46,49H,3-5,7,9-11,13,15-17,19-27,29-32,34,36-38,40,42-45H2,1-2H3/b8-6-,14-12-,28-18-,35-33-,41-39-. The maximum atomic E-state index is 12.1. The molecule has 0 saturated carbocycles. The van der Waals surface area contributed by atoms with Gasteiger partial charge in [0.25, 0.3) is 0 Å². The third-order valence-electron chi connectivity index (χ3n) is 9.61. The van der Waals surface area contributed by atoms with Gasteiger partial charge in [-0.1, -0.05) is 222 Å². The number of aliphatic hydroxyl groups excluding tert-OH is 1. The van der Waals surface area contributed by atoms with Gasteiger partial charge in [-0.2, -0.15) is 0 Å². The normalized spacial score (nSPS) is 12.7. The maximum absolute atomic E-state index is 12.1. The average Bonchev–Trinajstić information content (AvgIpc) is 3.16. The predicted molar refractivity (Wildman–Crippen MR) is 228 cm³/mol. The van der Waals surface area contributed by atoms with Crippen molar-refractivity contribution in [3.8, 4) is 0 Å². The van der Waals surface area contributed by atoms with E-state index in [9.17, 15) is 14.7 Å². The van der Waals surface area contributed by atoms with E-state index < -0.39 is 12.1 Å². The highest BCUT2D eigenvalue weighted by atomic mass is 16.6. The number of hydrogen-bond donors (Lipinski definition) is 1. The second kappa shape index (κ2) is 44.0. The monoisotopic (exact) mass is 741 g/mol. The number of esters is 2. The Morgan fingerprint density at radius 2 is 0.792 bits per heavy atom. The van der Waals surface area contributed by atoms with E-state index in [0.29, 0.717) is 6.42 Å². The smallest absolute Gasteiger partial charge is 0.310 e. The van der Waals surface area contributed by atoms with Gasteiger partial charge in [0.05, 0.1) is 13.0 Å². The number of allylic oxidation sites excluding steroid dienone is 9. The number of unbranched alkanes of at least 4 members (excludes halogenated alkanes) is 23. The minimum atomic E-state index is -0.826. The van der Waals surface area contributed by atoms with E-state index in [4.69, 9.17) is 9.47 Å². The minimum absolute atomic E-state index is 0.105. The van der Waals surface area contributed by atoms with Crippen LogP contribution in [-0.4, -0.2) is 36.4 Å². The second-order valence-electron chi connectivity index (χ2n) is 14.8. The van der Waals surface area contributed by atoms with E-state index in [0.717, 1.165) is 51.4 Å². The molecule has 0 heterocycles. The Hall–Kier alpha value is -2.40. The zero-order valence-corrected chi connectivity index (χ0v) is 34.8. The van der Waals surface area contributed by atoms with Gasteiger partial charge in [-0.05, 0) is 38.5 Å². The lowest BCUT2D eigenvalue weighted by Gasteiger charge is -2.15. The number of ether oxygens (including phenoxy) is 2. The van der Waals surface area contributed by atoms with Crippen LogP contribution < -0.4 is 0 Å². The van der Waals surface area contributed by atoms with Gasteiger partial charge in [-0.25, -0.2) is 0 Å². The topological polar surface area (TPSA) is 72.8 Å². The fourth-order valence-electron chi connectivity index (χ4n) is 6.28. The summed E-state index contributed by atoms with van der Waals surface area (Å²) in [6.45, 7) is 3.95. The maximum Gasteiger partial charge on any atom is 0.310 e. The van der Waals surface area contributed by atoms with Crippen LogP contribution >= 0.6 is 0 Å². The molecule has 0 aromatic rings. The van der Waals surface area contributed by atoms with Crippen LogP contribution in [0.25, 0.3) is 0 Å². The van der Waals surface area contributed by atoms with Crippen molar-refractivity contribution in [2.75, 3.05) is 13.2 Å². The van der Waals surface area contributed by atoms with Gasteiger partial charge in [-0.15, -0.1) is 0 Å². The lowest BCUT2D eigenvalue weighted by atomic mass is 10.0. The Labute approximate surface area is 328 Å². The molecule has 0 aromatic heterocycles. The molecule has 0 aromatic carbocycles. The molecule has 0 amide bonds. The lowest BCUT2D eigenvalue weighted by molar-refractivity contribution is -0.160. The summed E-state index contributed by atoms with van der Waals surface area (Å²) in [5.74, 6) is -0.734. The fraction of sp³-hybridized carbons (Fsp3) is 0.750. The molecule has 0 rings (SSSR count). The molecule has 0 spiro atoms. The van der Waals surface area contributed by atoms with Crippen LogP contribution in [0, 0.1) is 0 Å². The van der Waals surface area contributed by atoms with Crippen LogP contribution in [-0.2, 0) is 19.1 Å². The number of hydrogen-bond acceptors (Lipinski definition) is 5. The summed E-state index contributed by atoms with van der Waals surface area (Å²) >= 11 is 0. The van der Waals surface area contributed by atoms with Crippen LogP contribution in [0.1, 0.15) is 213 Å². The van der Waals surface area contributed by atoms with E-state index in [1.54, 1.807) is 6.08 Å². The number of carbonyl (C=O) groups excluding carboxylic acids is 2. The third kappa shape index (κ3) is 42.2. The average molecular weight is 741 g/mol. The van der Waals surface area contributed by atoms with Gasteiger partial charge < -0.3 is 14.6 Å². The molecule has 5 heteroatoms. The lowest BCUT2D eigenvalue weighted by Crippen LogP contribution is -2.28. The molecule has 306 valence electrons. The summed E-state index contributed by atoms with van der Waals surface area (Å²) in [6.07, 6.45) is 57.6.